The number of nitrogens with zero attached hydrogens (tertiary/aromatic N) is 1. The summed E-state index contributed by atoms with van der Waals surface area (Å²) in [6.45, 7) is 0.660. The minimum absolute atomic E-state index is 0.649. The summed E-state index contributed by atoms with van der Waals surface area (Å²) >= 11 is 0. The first kappa shape index (κ1) is 8.01. The van der Waals surface area contributed by atoms with Gasteiger partial charge in [0.05, 0.1) is 7.11 Å². The number of rotatable bonds is 3. The molecule has 60 valence electrons. The fraction of sp³-hybridized carbons (Fsp3) is 0.375. The van der Waals surface area contributed by atoms with Crippen molar-refractivity contribution in [1.82, 2.24) is 4.98 Å². The molecule has 1 rings (SSSR count). The van der Waals surface area contributed by atoms with Crippen molar-refractivity contribution in [2.45, 2.75) is 6.42 Å². The first-order valence-electron chi connectivity index (χ1n) is 3.56. The van der Waals surface area contributed by atoms with E-state index in [0.29, 0.717) is 12.4 Å². The molecule has 0 aliphatic rings. The Balaban J connectivity index is 2.74. The number of nitrogens with two attached hydrogens (primary N) is 1. The average molecular weight is 152 g/mol. The van der Waals surface area contributed by atoms with E-state index in [1.54, 1.807) is 13.3 Å². The third kappa shape index (κ3) is 2.20. The SMILES string of the molecule is COc1cc(CCN)ccn1. The highest BCUT2D eigenvalue weighted by Gasteiger charge is 1.94. The quantitative estimate of drug-likeness (QED) is 0.689. The fourth-order valence-corrected chi connectivity index (χ4v) is 0.884. The number of methoxy groups -OCH3 is 1. The van der Waals surface area contributed by atoms with Crippen molar-refractivity contribution in [1.29, 1.82) is 0 Å². The molecule has 0 amide bonds. The number of aromatic nitrogens is 1. The van der Waals surface area contributed by atoms with Crippen LogP contribution in [0.1, 0.15) is 5.56 Å². The molecule has 2 N–H and O–H groups in total. The molecule has 0 aliphatic carbocycles. The van der Waals surface area contributed by atoms with E-state index in [9.17, 15) is 0 Å². The standard InChI is InChI=1S/C8H12N2O/c1-11-8-6-7(2-4-9)3-5-10-8/h3,5-6H,2,4,9H2,1H3. The Morgan fingerprint density at radius 1 is 1.64 bits per heavy atom. The maximum atomic E-state index is 5.39. The summed E-state index contributed by atoms with van der Waals surface area (Å²) in [5.74, 6) is 0.649. The Bertz CT molecular complexity index is 225. The Morgan fingerprint density at radius 3 is 3.09 bits per heavy atom. The smallest absolute Gasteiger partial charge is 0.213 e. The van der Waals surface area contributed by atoms with Crippen LogP contribution < -0.4 is 10.5 Å². The Kier molecular flexibility index (Phi) is 2.86. The molecule has 0 saturated heterocycles. The van der Waals surface area contributed by atoms with Crippen molar-refractivity contribution in [3.8, 4) is 5.88 Å². The molecule has 0 bridgehead atoms. The summed E-state index contributed by atoms with van der Waals surface area (Å²) < 4.78 is 4.95. The van der Waals surface area contributed by atoms with Crippen molar-refractivity contribution in [3.05, 3.63) is 23.9 Å². The summed E-state index contributed by atoms with van der Waals surface area (Å²) in [5, 5.41) is 0. The molecule has 0 aliphatic heterocycles. The van der Waals surface area contributed by atoms with E-state index >= 15 is 0 Å². The van der Waals surface area contributed by atoms with E-state index in [1.807, 2.05) is 12.1 Å². The topological polar surface area (TPSA) is 48.1 Å². The number of ether oxygens (including phenoxy) is 1. The second kappa shape index (κ2) is 3.93. The second-order valence-corrected chi connectivity index (χ2v) is 2.25. The molecule has 3 nitrogen and oxygen atoms in total. The Hall–Kier alpha value is -1.09. The van der Waals surface area contributed by atoms with Crippen LogP contribution in [-0.4, -0.2) is 18.6 Å². The molecular weight excluding hydrogens is 140 g/mol. The molecule has 0 aromatic carbocycles. The van der Waals surface area contributed by atoms with Gasteiger partial charge in [-0.15, -0.1) is 0 Å². The van der Waals surface area contributed by atoms with Crippen LogP contribution in [0.4, 0.5) is 0 Å². The zero-order valence-electron chi connectivity index (χ0n) is 6.58. The molecule has 11 heavy (non-hydrogen) atoms. The van der Waals surface area contributed by atoms with Crippen molar-refractivity contribution in [2.24, 2.45) is 5.73 Å². The van der Waals surface area contributed by atoms with Gasteiger partial charge in [-0.2, -0.15) is 0 Å². The number of pyridine rings is 1. The number of hydrogen-bond donors (Lipinski definition) is 1. The minimum atomic E-state index is 0.649. The summed E-state index contributed by atoms with van der Waals surface area (Å²) in [4.78, 5) is 3.98. The lowest BCUT2D eigenvalue weighted by molar-refractivity contribution is 0.397. The van der Waals surface area contributed by atoms with Crippen LogP contribution >= 0.6 is 0 Å². The normalized spacial score (nSPS) is 9.64. The molecule has 1 heterocycles. The maximum Gasteiger partial charge on any atom is 0.213 e. The Labute approximate surface area is 66.2 Å². The summed E-state index contributed by atoms with van der Waals surface area (Å²) in [6, 6.07) is 3.84. The van der Waals surface area contributed by atoms with Crippen LogP contribution in [0.15, 0.2) is 18.3 Å². The van der Waals surface area contributed by atoms with E-state index in [1.165, 1.54) is 5.56 Å². The van der Waals surface area contributed by atoms with Crippen molar-refractivity contribution in [3.63, 3.8) is 0 Å². The Morgan fingerprint density at radius 2 is 2.45 bits per heavy atom. The molecule has 0 saturated carbocycles. The van der Waals surface area contributed by atoms with Gasteiger partial charge in [0.15, 0.2) is 0 Å². The van der Waals surface area contributed by atoms with Gasteiger partial charge in [-0.1, -0.05) is 0 Å². The highest BCUT2D eigenvalue weighted by molar-refractivity contribution is 5.20. The van der Waals surface area contributed by atoms with E-state index in [0.717, 1.165) is 6.42 Å². The minimum Gasteiger partial charge on any atom is -0.481 e. The molecular formula is C8H12N2O. The van der Waals surface area contributed by atoms with E-state index in [-0.39, 0.29) is 0 Å². The second-order valence-electron chi connectivity index (χ2n) is 2.25. The molecule has 0 spiro atoms. The van der Waals surface area contributed by atoms with Crippen molar-refractivity contribution >= 4 is 0 Å². The van der Waals surface area contributed by atoms with Crippen LogP contribution in [0.2, 0.25) is 0 Å². The van der Waals surface area contributed by atoms with Gasteiger partial charge >= 0.3 is 0 Å². The lowest BCUT2D eigenvalue weighted by Gasteiger charge is -2.00. The van der Waals surface area contributed by atoms with Gasteiger partial charge < -0.3 is 10.5 Å². The van der Waals surface area contributed by atoms with E-state index < -0.39 is 0 Å². The van der Waals surface area contributed by atoms with Gasteiger partial charge in [0.2, 0.25) is 5.88 Å². The highest BCUT2D eigenvalue weighted by Crippen LogP contribution is 2.07. The zero-order chi connectivity index (χ0) is 8.10. The van der Waals surface area contributed by atoms with Crippen LogP contribution in [-0.2, 0) is 6.42 Å². The lowest BCUT2D eigenvalue weighted by atomic mass is 10.2. The third-order valence-corrected chi connectivity index (χ3v) is 1.44. The van der Waals surface area contributed by atoms with Crippen LogP contribution in [0.25, 0.3) is 0 Å². The molecule has 0 atom stereocenters. The van der Waals surface area contributed by atoms with E-state index in [2.05, 4.69) is 4.98 Å². The lowest BCUT2D eigenvalue weighted by Crippen LogP contribution is -2.02. The van der Waals surface area contributed by atoms with Crippen LogP contribution in [0.5, 0.6) is 5.88 Å². The number of hydrogen-bond acceptors (Lipinski definition) is 3. The molecule has 3 heteroatoms. The third-order valence-electron chi connectivity index (χ3n) is 1.44. The highest BCUT2D eigenvalue weighted by atomic mass is 16.5. The van der Waals surface area contributed by atoms with Gasteiger partial charge in [0.1, 0.15) is 0 Å². The first-order chi connectivity index (χ1) is 5.36. The fourth-order valence-electron chi connectivity index (χ4n) is 0.884. The summed E-state index contributed by atoms with van der Waals surface area (Å²) in [5.41, 5.74) is 6.56. The van der Waals surface area contributed by atoms with Crippen LogP contribution in [0.3, 0.4) is 0 Å². The zero-order valence-corrected chi connectivity index (χ0v) is 6.58. The first-order valence-corrected chi connectivity index (χ1v) is 3.56. The molecule has 1 aromatic heterocycles. The van der Waals surface area contributed by atoms with Crippen molar-refractivity contribution in [2.75, 3.05) is 13.7 Å². The van der Waals surface area contributed by atoms with Gasteiger partial charge in [0.25, 0.3) is 0 Å². The summed E-state index contributed by atoms with van der Waals surface area (Å²) in [7, 11) is 1.61. The molecule has 0 unspecified atom stereocenters. The van der Waals surface area contributed by atoms with Gasteiger partial charge in [-0.05, 0) is 24.6 Å². The predicted molar refractivity (Wildman–Crippen MR) is 43.5 cm³/mol. The average Bonchev–Trinajstić information content (AvgIpc) is 2.06. The summed E-state index contributed by atoms with van der Waals surface area (Å²) in [6.07, 6.45) is 2.60. The van der Waals surface area contributed by atoms with Gasteiger partial charge in [-0.25, -0.2) is 4.98 Å². The van der Waals surface area contributed by atoms with Gasteiger partial charge in [0, 0.05) is 12.3 Å². The van der Waals surface area contributed by atoms with Gasteiger partial charge in [-0.3, -0.25) is 0 Å². The van der Waals surface area contributed by atoms with Crippen LogP contribution in [0, 0.1) is 0 Å². The maximum absolute atomic E-state index is 5.39. The van der Waals surface area contributed by atoms with E-state index in [4.69, 9.17) is 10.5 Å². The predicted octanol–water partition coefficient (Wildman–Crippen LogP) is 0.591. The molecule has 1 aromatic rings. The largest absolute Gasteiger partial charge is 0.481 e. The van der Waals surface area contributed by atoms with Crippen molar-refractivity contribution < 1.29 is 4.74 Å². The molecule has 0 radical (unpaired) electrons. The molecule has 0 fully saturated rings. The monoisotopic (exact) mass is 152 g/mol.